The van der Waals surface area contributed by atoms with Gasteiger partial charge in [0.1, 0.15) is 0 Å². The second kappa shape index (κ2) is 4.77. The van der Waals surface area contributed by atoms with Crippen LogP contribution in [0.4, 0.5) is 0 Å². The molecule has 0 heterocycles. The minimum Gasteiger partial charge on any atom is -0.481 e. The molecule has 78 valence electrons. The molecule has 5 heteroatoms. The van der Waals surface area contributed by atoms with Crippen LogP contribution in [0.2, 0.25) is 0 Å². The molecule has 13 heavy (non-hydrogen) atoms. The highest BCUT2D eigenvalue weighted by Gasteiger charge is 2.26. The van der Waals surface area contributed by atoms with Crippen molar-refractivity contribution < 1.29 is 19.4 Å². The van der Waals surface area contributed by atoms with E-state index in [4.69, 9.17) is 5.11 Å². The molecule has 0 saturated carbocycles. The maximum atomic E-state index is 11.4. The number of rotatable bonds is 5. The largest absolute Gasteiger partial charge is 0.481 e. The molecule has 0 aromatic rings. The van der Waals surface area contributed by atoms with Crippen LogP contribution < -0.4 is 0 Å². The van der Waals surface area contributed by atoms with E-state index >= 15 is 0 Å². The molecule has 0 aliphatic rings. The van der Waals surface area contributed by atoms with Crippen molar-refractivity contribution in [3.8, 4) is 0 Å². The van der Waals surface area contributed by atoms with Gasteiger partial charge in [0.15, 0.2) is 0 Å². The van der Waals surface area contributed by atoms with Crippen molar-refractivity contribution >= 4 is 13.3 Å². The lowest BCUT2D eigenvalue weighted by Crippen LogP contribution is -2.16. The molecular formula is C8H17O4P. The molecule has 0 saturated heterocycles. The second-order valence-corrected chi connectivity index (χ2v) is 6.27. The van der Waals surface area contributed by atoms with Crippen molar-refractivity contribution in [2.24, 2.45) is 11.8 Å². The highest BCUT2D eigenvalue weighted by atomic mass is 31.2. The number of carbonyl (C=O) groups is 1. The fourth-order valence-corrected chi connectivity index (χ4v) is 3.45. The van der Waals surface area contributed by atoms with E-state index in [1.54, 1.807) is 0 Å². The Morgan fingerprint density at radius 3 is 2.08 bits per heavy atom. The zero-order valence-corrected chi connectivity index (χ0v) is 9.12. The number of carboxylic acid groups (broad SMARTS) is 1. The first-order valence-corrected chi connectivity index (χ1v) is 6.31. The SMILES string of the molecule is CC(C)CP(=O)(O)CC(C)C(=O)O. The normalized spacial score (nSPS) is 18.2. The van der Waals surface area contributed by atoms with Crippen LogP contribution in [0.1, 0.15) is 20.8 Å². The molecule has 0 radical (unpaired) electrons. The molecule has 0 aliphatic heterocycles. The number of carboxylic acids is 1. The van der Waals surface area contributed by atoms with Gasteiger partial charge >= 0.3 is 5.97 Å². The molecular weight excluding hydrogens is 191 g/mol. The van der Waals surface area contributed by atoms with Crippen LogP contribution in [0, 0.1) is 11.8 Å². The van der Waals surface area contributed by atoms with E-state index < -0.39 is 19.3 Å². The molecule has 2 unspecified atom stereocenters. The Balaban J connectivity index is 4.17. The van der Waals surface area contributed by atoms with E-state index in [-0.39, 0.29) is 18.2 Å². The fourth-order valence-electron chi connectivity index (χ4n) is 1.15. The summed E-state index contributed by atoms with van der Waals surface area (Å²) in [5.74, 6) is -1.63. The Bertz CT molecular complexity index is 224. The number of aliphatic carboxylic acids is 1. The van der Waals surface area contributed by atoms with Crippen molar-refractivity contribution in [2.75, 3.05) is 12.3 Å². The average Bonchev–Trinajstić information content (AvgIpc) is 1.81. The Labute approximate surface area is 78.4 Å². The molecule has 4 nitrogen and oxygen atoms in total. The lowest BCUT2D eigenvalue weighted by atomic mass is 10.2. The highest BCUT2D eigenvalue weighted by Crippen LogP contribution is 2.44. The van der Waals surface area contributed by atoms with Gasteiger partial charge in [0, 0.05) is 12.3 Å². The van der Waals surface area contributed by atoms with Gasteiger partial charge in [-0.15, -0.1) is 0 Å². The third kappa shape index (κ3) is 5.83. The summed E-state index contributed by atoms with van der Waals surface area (Å²) in [4.78, 5) is 19.8. The summed E-state index contributed by atoms with van der Waals surface area (Å²) >= 11 is 0. The third-order valence-corrected chi connectivity index (χ3v) is 4.05. The van der Waals surface area contributed by atoms with Crippen LogP contribution in [0.3, 0.4) is 0 Å². The van der Waals surface area contributed by atoms with Crippen LogP contribution in [-0.4, -0.2) is 28.3 Å². The first-order chi connectivity index (χ1) is 5.74. The van der Waals surface area contributed by atoms with Crippen molar-refractivity contribution in [3.05, 3.63) is 0 Å². The summed E-state index contributed by atoms with van der Waals surface area (Å²) in [5.41, 5.74) is 0. The van der Waals surface area contributed by atoms with E-state index in [2.05, 4.69) is 0 Å². The molecule has 0 amide bonds. The molecule has 2 N–H and O–H groups in total. The first-order valence-electron chi connectivity index (χ1n) is 4.28. The summed E-state index contributed by atoms with van der Waals surface area (Å²) in [6, 6.07) is 0. The van der Waals surface area contributed by atoms with Gasteiger partial charge in [-0.1, -0.05) is 20.8 Å². The highest BCUT2D eigenvalue weighted by molar-refractivity contribution is 7.58. The van der Waals surface area contributed by atoms with Crippen molar-refractivity contribution in [2.45, 2.75) is 20.8 Å². The van der Waals surface area contributed by atoms with Crippen LogP contribution in [0.5, 0.6) is 0 Å². The zero-order valence-electron chi connectivity index (χ0n) is 8.23. The van der Waals surface area contributed by atoms with Gasteiger partial charge in [-0.3, -0.25) is 9.36 Å². The van der Waals surface area contributed by atoms with Gasteiger partial charge in [0.2, 0.25) is 7.37 Å². The van der Waals surface area contributed by atoms with E-state index in [9.17, 15) is 14.3 Å². The van der Waals surface area contributed by atoms with Crippen molar-refractivity contribution in [1.82, 2.24) is 0 Å². The Morgan fingerprint density at radius 2 is 1.77 bits per heavy atom. The molecule has 0 fully saturated rings. The van der Waals surface area contributed by atoms with E-state index in [1.807, 2.05) is 13.8 Å². The average molecular weight is 208 g/mol. The standard InChI is InChI=1S/C8H17O4P/c1-6(2)4-13(11,12)5-7(3)8(9)10/h6-7H,4-5H2,1-3H3,(H,9,10)(H,11,12). The Morgan fingerprint density at radius 1 is 1.31 bits per heavy atom. The quantitative estimate of drug-likeness (QED) is 0.673. The molecule has 0 rings (SSSR count). The Hall–Kier alpha value is -0.340. The topological polar surface area (TPSA) is 74.6 Å². The second-order valence-electron chi connectivity index (χ2n) is 3.84. The third-order valence-electron chi connectivity index (χ3n) is 1.63. The van der Waals surface area contributed by atoms with Crippen molar-refractivity contribution in [3.63, 3.8) is 0 Å². The minimum absolute atomic E-state index is 0.122. The predicted octanol–water partition coefficient (Wildman–Crippen LogP) is 1.63. The Kier molecular flexibility index (Phi) is 4.65. The van der Waals surface area contributed by atoms with Crippen LogP contribution in [0.25, 0.3) is 0 Å². The summed E-state index contributed by atoms with van der Waals surface area (Å²) in [6.07, 6.45) is 0.0745. The van der Waals surface area contributed by atoms with E-state index in [0.29, 0.717) is 0 Å². The van der Waals surface area contributed by atoms with Crippen LogP contribution in [-0.2, 0) is 9.36 Å². The predicted molar refractivity (Wildman–Crippen MR) is 51.2 cm³/mol. The lowest BCUT2D eigenvalue weighted by Gasteiger charge is -2.15. The monoisotopic (exact) mass is 208 g/mol. The summed E-state index contributed by atoms with van der Waals surface area (Å²) in [7, 11) is -3.24. The number of hydrogen-bond donors (Lipinski definition) is 2. The minimum atomic E-state index is -3.24. The van der Waals surface area contributed by atoms with Gasteiger partial charge in [0.05, 0.1) is 5.92 Å². The molecule has 0 spiro atoms. The van der Waals surface area contributed by atoms with E-state index in [0.717, 1.165) is 0 Å². The maximum absolute atomic E-state index is 11.4. The molecule has 0 aromatic carbocycles. The summed E-state index contributed by atoms with van der Waals surface area (Å²) in [5, 5.41) is 8.55. The van der Waals surface area contributed by atoms with Crippen LogP contribution >= 0.6 is 7.37 Å². The van der Waals surface area contributed by atoms with Crippen LogP contribution in [0.15, 0.2) is 0 Å². The smallest absolute Gasteiger partial charge is 0.306 e. The lowest BCUT2D eigenvalue weighted by molar-refractivity contribution is -0.140. The molecule has 0 bridgehead atoms. The fraction of sp³-hybridized carbons (Fsp3) is 0.875. The first kappa shape index (κ1) is 12.7. The molecule has 2 atom stereocenters. The van der Waals surface area contributed by atoms with E-state index in [1.165, 1.54) is 6.92 Å². The van der Waals surface area contributed by atoms with Gasteiger partial charge in [-0.25, -0.2) is 0 Å². The van der Waals surface area contributed by atoms with Crippen molar-refractivity contribution in [1.29, 1.82) is 0 Å². The molecule has 0 aliphatic carbocycles. The van der Waals surface area contributed by atoms with Gasteiger partial charge in [-0.2, -0.15) is 0 Å². The number of hydrogen-bond acceptors (Lipinski definition) is 2. The summed E-state index contributed by atoms with van der Waals surface area (Å²) < 4.78 is 11.4. The zero-order chi connectivity index (χ0) is 10.6. The van der Waals surface area contributed by atoms with Gasteiger partial charge in [-0.05, 0) is 5.92 Å². The summed E-state index contributed by atoms with van der Waals surface area (Å²) in [6.45, 7) is 5.13. The maximum Gasteiger partial charge on any atom is 0.306 e. The van der Waals surface area contributed by atoms with Gasteiger partial charge in [0.25, 0.3) is 0 Å². The molecule has 0 aromatic heterocycles. The van der Waals surface area contributed by atoms with Gasteiger partial charge < -0.3 is 10.00 Å².